The summed E-state index contributed by atoms with van der Waals surface area (Å²) >= 11 is 0. The van der Waals surface area contributed by atoms with E-state index < -0.39 is 0 Å². The molecule has 2 N–H and O–H groups in total. The lowest BCUT2D eigenvalue weighted by atomic mass is 9.89. The van der Waals surface area contributed by atoms with Gasteiger partial charge in [-0.15, -0.1) is 0 Å². The number of Topliss-reactive ketones (excluding diaryl/α,β-unsaturated/α-hetero) is 1. The topological polar surface area (TPSA) is 84.5 Å². The Bertz CT molecular complexity index is 1210. The number of aromatic nitrogens is 2. The second-order valence-electron chi connectivity index (χ2n) is 10.0. The third-order valence-electron chi connectivity index (χ3n) is 7.60. The van der Waals surface area contributed by atoms with Gasteiger partial charge in [0.15, 0.2) is 5.78 Å². The smallest absolute Gasteiger partial charge is 0.259 e. The van der Waals surface area contributed by atoms with Crippen LogP contribution in [0, 0.1) is 5.92 Å². The highest BCUT2D eigenvalue weighted by Gasteiger charge is 2.30. The van der Waals surface area contributed by atoms with Gasteiger partial charge in [-0.05, 0) is 75.9 Å². The van der Waals surface area contributed by atoms with Crippen molar-refractivity contribution in [1.82, 2.24) is 14.7 Å². The van der Waals surface area contributed by atoms with E-state index in [0.717, 1.165) is 75.2 Å². The quantitative estimate of drug-likeness (QED) is 0.402. The minimum absolute atomic E-state index is 0.0273. The Morgan fingerprint density at radius 3 is 2.39 bits per heavy atom. The molecule has 2 aliphatic rings. The molecule has 188 valence electrons. The predicted molar refractivity (Wildman–Crippen MR) is 142 cm³/mol. The molecule has 1 saturated heterocycles. The van der Waals surface area contributed by atoms with Crippen molar-refractivity contribution >= 4 is 23.2 Å². The first kappa shape index (κ1) is 24.3. The number of likely N-dealkylation sites (tertiary alicyclic amines) is 1. The number of nitrogens with zero attached hydrogens (tertiary/aromatic N) is 4. The molecule has 3 aromatic rings. The normalized spacial score (nSPS) is 16.5. The van der Waals surface area contributed by atoms with Crippen molar-refractivity contribution in [2.45, 2.75) is 38.5 Å². The fourth-order valence-electron chi connectivity index (χ4n) is 5.59. The van der Waals surface area contributed by atoms with E-state index >= 15 is 0 Å². The van der Waals surface area contributed by atoms with Crippen LogP contribution in [-0.2, 0) is 19.9 Å². The van der Waals surface area contributed by atoms with Crippen LogP contribution in [0.2, 0.25) is 0 Å². The number of carbonyl (C=O) groups is 2. The molecular weight excluding hydrogens is 450 g/mol. The fraction of sp³-hybridized carbons (Fsp3) is 0.414. The van der Waals surface area contributed by atoms with Crippen LogP contribution in [0.3, 0.4) is 0 Å². The highest BCUT2D eigenvalue weighted by Crippen LogP contribution is 2.31. The van der Waals surface area contributed by atoms with Gasteiger partial charge < -0.3 is 10.6 Å². The van der Waals surface area contributed by atoms with Gasteiger partial charge in [-0.3, -0.25) is 19.2 Å². The molecule has 1 aromatic heterocycles. The van der Waals surface area contributed by atoms with Crippen LogP contribution in [0.15, 0.2) is 54.6 Å². The summed E-state index contributed by atoms with van der Waals surface area (Å²) < 4.78 is 1.88. The number of hydrogen-bond donors (Lipinski definition) is 1. The van der Waals surface area contributed by atoms with Crippen molar-refractivity contribution in [2.75, 3.05) is 36.8 Å². The molecule has 0 bridgehead atoms. The molecule has 0 saturated carbocycles. The number of fused-ring (bicyclic) bond motifs is 1. The maximum atomic E-state index is 13.7. The molecule has 36 heavy (non-hydrogen) atoms. The summed E-state index contributed by atoms with van der Waals surface area (Å²) in [4.78, 5) is 30.9. The van der Waals surface area contributed by atoms with Crippen LogP contribution in [0.1, 0.15) is 57.7 Å². The maximum Gasteiger partial charge on any atom is 0.259 e. The van der Waals surface area contributed by atoms with Gasteiger partial charge in [-0.2, -0.15) is 5.10 Å². The number of carbonyl (C=O) groups excluding carboxylic acids is 2. The molecule has 1 aliphatic heterocycles. The minimum atomic E-state index is -0.0273. The summed E-state index contributed by atoms with van der Waals surface area (Å²) in [6, 6.07) is 16.8. The number of rotatable bonds is 7. The third kappa shape index (κ3) is 5.07. The molecule has 2 aromatic carbocycles. The van der Waals surface area contributed by atoms with Gasteiger partial charge in [0.2, 0.25) is 0 Å². The zero-order valence-corrected chi connectivity index (χ0v) is 21.0. The SMILES string of the molecule is Cn1nc2c(c1N(CCN1CCC(C(=O)c3ccccc3)CC1)C(=O)c1ccc(N)cc1)CCCC2. The van der Waals surface area contributed by atoms with Crippen molar-refractivity contribution < 1.29 is 9.59 Å². The number of benzene rings is 2. The molecule has 7 nitrogen and oxygen atoms in total. The van der Waals surface area contributed by atoms with E-state index in [1.165, 1.54) is 5.56 Å². The summed E-state index contributed by atoms with van der Waals surface area (Å²) in [6.07, 6.45) is 5.89. The fourth-order valence-corrected chi connectivity index (χ4v) is 5.59. The van der Waals surface area contributed by atoms with Crippen LogP contribution < -0.4 is 10.6 Å². The van der Waals surface area contributed by atoms with E-state index in [9.17, 15) is 9.59 Å². The summed E-state index contributed by atoms with van der Waals surface area (Å²) in [5.41, 5.74) is 10.3. The second kappa shape index (κ2) is 10.7. The van der Waals surface area contributed by atoms with E-state index in [-0.39, 0.29) is 17.6 Å². The highest BCUT2D eigenvalue weighted by atomic mass is 16.2. The lowest BCUT2D eigenvalue weighted by molar-refractivity contribution is 0.0841. The van der Waals surface area contributed by atoms with E-state index in [2.05, 4.69) is 4.90 Å². The number of aryl methyl sites for hydroxylation is 2. The first-order valence-corrected chi connectivity index (χ1v) is 13.0. The number of amides is 1. The van der Waals surface area contributed by atoms with Crippen LogP contribution in [-0.4, -0.2) is 52.5 Å². The lowest BCUT2D eigenvalue weighted by Gasteiger charge is -2.33. The van der Waals surface area contributed by atoms with Gasteiger partial charge in [0.25, 0.3) is 5.91 Å². The molecule has 0 radical (unpaired) electrons. The molecule has 2 heterocycles. The van der Waals surface area contributed by atoms with Crippen LogP contribution in [0.5, 0.6) is 0 Å². The minimum Gasteiger partial charge on any atom is -0.399 e. The van der Waals surface area contributed by atoms with Gasteiger partial charge in [-0.25, -0.2) is 0 Å². The van der Waals surface area contributed by atoms with E-state index in [1.54, 1.807) is 24.3 Å². The largest absolute Gasteiger partial charge is 0.399 e. The van der Waals surface area contributed by atoms with Gasteiger partial charge >= 0.3 is 0 Å². The molecule has 0 atom stereocenters. The Hall–Kier alpha value is -3.45. The van der Waals surface area contributed by atoms with Gasteiger partial charge in [0.1, 0.15) is 5.82 Å². The molecule has 0 spiro atoms. The van der Waals surface area contributed by atoms with Crippen molar-refractivity contribution in [3.63, 3.8) is 0 Å². The highest BCUT2D eigenvalue weighted by molar-refractivity contribution is 6.06. The Morgan fingerprint density at radius 1 is 0.972 bits per heavy atom. The lowest BCUT2D eigenvalue weighted by Crippen LogP contribution is -2.43. The summed E-state index contributed by atoms with van der Waals surface area (Å²) in [5.74, 6) is 1.21. The first-order valence-electron chi connectivity index (χ1n) is 13.0. The second-order valence-corrected chi connectivity index (χ2v) is 10.0. The number of nitrogens with two attached hydrogens (primary N) is 1. The number of hydrogen-bond acceptors (Lipinski definition) is 5. The first-order chi connectivity index (χ1) is 17.5. The van der Waals surface area contributed by atoms with E-state index in [1.807, 2.05) is 47.0 Å². The van der Waals surface area contributed by atoms with Crippen molar-refractivity contribution in [3.05, 3.63) is 77.0 Å². The monoisotopic (exact) mass is 485 g/mol. The number of nitrogen functional groups attached to an aromatic ring is 1. The van der Waals surface area contributed by atoms with Crippen LogP contribution >= 0.6 is 0 Å². The zero-order chi connectivity index (χ0) is 25.1. The van der Waals surface area contributed by atoms with E-state index in [0.29, 0.717) is 17.8 Å². The summed E-state index contributed by atoms with van der Waals surface area (Å²) in [7, 11) is 1.94. The summed E-state index contributed by atoms with van der Waals surface area (Å²) in [5, 5.41) is 4.77. The molecular formula is C29H35N5O2. The van der Waals surface area contributed by atoms with Crippen molar-refractivity contribution in [2.24, 2.45) is 13.0 Å². The molecule has 1 fully saturated rings. The Labute approximate surface area is 212 Å². The Kier molecular flexibility index (Phi) is 7.18. The predicted octanol–water partition coefficient (Wildman–Crippen LogP) is 4.12. The number of piperidine rings is 1. The van der Waals surface area contributed by atoms with Gasteiger partial charge in [0, 0.05) is 48.4 Å². The Morgan fingerprint density at radius 2 is 1.67 bits per heavy atom. The van der Waals surface area contributed by atoms with Crippen molar-refractivity contribution in [1.29, 1.82) is 0 Å². The third-order valence-corrected chi connectivity index (χ3v) is 7.60. The molecule has 7 heteroatoms. The molecule has 1 aliphatic carbocycles. The average Bonchev–Trinajstić information content (AvgIpc) is 3.25. The number of anilines is 2. The zero-order valence-electron chi connectivity index (χ0n) is 21.0. The summed E-state index contributed by atoms with van der Waals surface area (Å²) in [6.45, 7) is 3.05. The Balaban J connectivity index is 1.30. The maximum absolute atomic E-state index is 13.7. The van der Waals surface area contributed by atoms with E-state index in [4.69, 9.17) is 10.8 Å². The van der Waals surface area contributed by atoms with Gasteiger partial charge in [0.05, 0.1) is 5.69 Å². The molecule has 5 rings (SSSR count). The molecule has 0 unspecified atom stereocenters. The van der Waals surface area contributed by atoms with Gasteiger partial charge in [-0.1, -0.05) is 30.3 Å². The van der Waals surface area contributed by atoms with Crippen LogP contribution in [0.25, 0.3) is 0 Å². The molecule has 1 amide bonds. The van der Waals surface area contributed by atoms with Crippen molar-refractivity contribution in [3.8, 4) is 0 Å². The standard InChI is InChI=1S/C29H35N5O2/c1-32-28(25-9-5-6-10-26(25)31-32)34(29(36)23-11-13-24(30)14-12-23)20-19-33-17-15-22(16-18-33)27(35)21-7-3-2-4-8-21/h2-4,7-8,11-14,22H,5-6,9-10,15-20,30H2,1H3. The average molecular weight is 486 g/mol. The number of ketones is 1. The van der Waals surface area contributed by atoms with Crippen LogP contribution in [0.4, 0.5) is 11.5 Å².